The van der Waals surface area contributed by atoms with Crippen molar-refractivity contribution in [2.75, 3.05) is 12.3 Å². The van der Waals surface area contributed by atoms with Crippen LogP contribution < -0.4 is 5.73 Å². The van der Waals surface area contributed by atoms with Crippen LogP contribution in [0.1, 0.15) is 37.0 Å². The second-order valence-corrected chi connectivity index (χ2v) is 4.60. The minimum atomic E-state index is -0.448. The molecule has 1 unspecified atom stereocenters. The molecule has 0 spiro atoms. The number of carbonyl (C=O) groups excluding carboxylic acids is 1. The first-order valence-electron chi connectivity index (χ1n) is 5.77. The van der Waals surface area contributed by atoms with E-state index >= 15 is 0 Å². The van der Waals surface area contributed by atoms with Crippen LogP contribution in [0.2, 0.25) is 5.02 Å². The zero-order valence-corrected chi connectivity index (χ0v) is 11.0. The van der Waals surface area contributed by atoms with Gasteiger partial charge in [0.25, 0.3) is 0 Å². The summed E-state index contributed by atoms with van der Waals surface area (Å²) in [7, 11) is 0. The Morgan fingerprint density at radius 2 is 2.24 bits per heavy atom. The molecule has 1 rings (SSSR count). The molecule has 2 N–H and O–H groups in total. The molecule has 0 heterocycles. The predicted octanol–water partition coefficient (Wildman–Crippen LogP) is 3.52. The van der Waals surface area contributed by atoms with E-state index in [-0.39, 0.29) is 5.56 Å². The van der Waals surface area contributed by atoms with Crippen LogP contribution in [0.5, 0.6) is 0 Å². The molecule has 0 radical (unpaired) electrons. The fourth-order valence-corrected chi connectivity index (χ4v) is 1.88. The van der Waals surface area contributed by atoms with Gasteiger partial charge in [0, 0.05) is 5.69 Å². The Labute approximate surface area is 107 Å². The SMILES string of the molecule is CCCC(C)COC(=O)c1c(N)cccc1Cl. The minimum Gasteiger partial charge on any atom is -0.462 e. The number of anilines is 1. The molecule has 4 heteroatoms. The normalized spacial score (nSPS) is 12.2. The van der Waals surface area contributed by atoms with E-state index in [0.717, 1.165) is 12.8 Å². The standard InChI is InChI=1S/C13H18ClNO2/c1-3-5-9(2)8-17-13(16)12-10(14)6-4-7-11(12)15/h4,6-7,9H,3,5,8,15H2,1-2H3. The first-order chi connectivity index (χ1) is 8.06. The predicted molar refractivity (Wildman–Crippen MR) is 70.2 cm³/mol. The van der Waals surface area contributed by atoms with Crippen LogP contribution in [-0.2, 0) is 4.74 Å². The second-order valence-electron chi connectivity index (χ2n) is 4.20. The fourth-order valence-electron chi connectivity index (χ4n) is 1.62. The van der Waals surface area contributed by atoms with Crippen molar-refractivity contribution in [3.63, 3.8) is 0 Å². The molecule has 1 aromatic rings. The van der Waals surface area contributed by atoms with E-state index < -0.39 is 5.97 Å². The molecule has 94 valence electrons. The van der Waals surface area contributed by atoms with E-state index in [0.29, 0.717) is 23.2 Å². The van der Waals surface area contributed by atoms with Crippen molar-refractivity contribution >= 4 is 23.3 Å². The lowest BCUT2D eigenvalue weighted by Gasteiger charge is -2.12. The number of hydrogen-bond acceptors (Lipinski definition) is 3. The Morgan fingerprint density at radius 1 is 1.53 bits per heavy atom. The molecule has 0 aliphatic carbocycles. The van der Waals surface area contributed by atoms with Gasteiger partial charge in [-0.1, -0.05) is 37.9 Å². The van der Waals surface area contributed by atoms with Gasteiger partial charge in [-0.15, -0.1) is 0 Å². The van der Waals surface area contributed by atoms with Gasteiger partial charge >= 0.3 is 5.97 Å². The van der Waals surface area contributed by atoms with Gasteiger partial charge in [-0.05, 0) is 24.5 Å². The lowest BCUT2D eigenvalue weighted by atomic mass is 10.1. The highest BCUT2D eigenvalue weighted by Gasteiger charge is 2.16. The number of halogens is 1. The first-order valence-corrected chi connectivity index (χ1v) is 6.15. The molecule has 3 nitrogen and oxygen atoms in total. The summed E-state index contributed by atoms with van der Waals surface area (Å²) in [5.74, 6) is -0.0938. The molecule has 1 atom stereocenters. The van der Waals surface area contributed by atoms with E-state index in [1.807, 2.05) is 6.92 Å². The first kappa shape index (κ1) is 13.8. The number of rotatable bonds is 5. The summed E-state index contributed by atoms with van der Waals surface area (Å²) >= 11 is 5.92. The summed E-state index contributed by atoms with van der Waals surface area (Å²) in [5.41, 5.74) is 6.32. The number of esters is 1. The Kier molecular flexibility index (Phi) is 5.29. The summed E-state index contributed by atoms with van der Waals surface area (Å²) in [6.45, 7) is 4.55. The van der Waals surface area contributed by atoms with Crippen LogP contribution in [0.4, 0.5) is 5.69 Å². The van der Waals surface area contributed by atoms with Gasteiger partial charge < -0.3 is 10.5 Å². The Morgan fingerprint density at radius 3 is 2.82 bits per heavy atom. The van der Waals surface area contributed by atoms with E-state index in [1.54, 1.807) is 18.2 Å². The highest BCUT2D eigenvalue weighted by Crippen LogP contribution is 2.23. The summed E-state index contributed by atoms with van der Waals surface area (Å²) in [6.07, 6.45) is 2.11. The lowest BCUT2D eigenvalue weighted by molar-refractivity contribution is 0.0445. The molecule has 0 aliphatic heterocycles. The molecule has 0 bridgehead atoms. The van der Waals surface area contributed by atoms with Crippen LogP contribution in [0.3, 0.4) is 0 Å². The molecule has 0 aromatic heterocycles. The number of hydrogen-bond donors (Lipinski definition) is 1. The number of benzene rings is 1. The van der Waals surface area contributed by atoms with Crippen molar-refractivity contribution in [3.05, 3.63) is 28.8 Å². The van der Waals surface area contributed by atoms with Gasteiger partial charge in [0.1, 0.15) is 5.56 Å². The summed E-state index contributed by atoms with van der Waals surface area (Å²) in [5, 5.41) is 0.332. The molecule has 0 amide bonds. The maximum absolute atomic E-state index is 11.8. The minimum absolute atomic E-state index is 0.262. The second kappa shape index (κ2) is 6.50. The lowest BCUT2D eigenvalue weighted by Crippen LogP contribution is -2.14. The highest BCUT2D eigenvalue weighted by atomic mass is 35.5. The van der Waals surface area contributed by atoms with E-state index in [4.69, 9.17) is 22.1 Å². The van der Waals surface area contributed by atoms with E-state index in [1.165, 1.54) is 0 Å². The fraction of sp³-hybridized carbons (Fsp3) is 0.462. The quantitative estimate of drug-likeness (QED) is 0.647. The molecule has 0 saturated carbocycles. The summed E-state index contributed by atoms with van der Waals surface area (Å²) in [4.78, 5) is 11.8. The monoisotopic (exact) mass is 255 g/mol. The molecular weight excluding hydrogens is 238 g/mol. The van der Waals surface area contributed by atoms with Crippen molar-refractivity contribution in [1.29, 1.82) is 0 Å². The van der Waals surface area contributed by atoms with Gasteiger partial charge in [-0.3, -0.25) is 0 Å². The average molecular weight is 256 g/mol. The number of carbonyl (C=O) groups is 1. The number of nitrogens with two attached hydrogens (primary N) is 1. The molecule has 1 aromatic carbocycles. The van der Waals surface area contributed by atoms with Crippen molar-refractivity contribution in [3.8, 4) is 0 Å². The largest absolute Gasteiger partial charge is 0.462 e. The van der Waals surface area contributed by atoms with Gasteiger partial charge in [0.2, 0.25) is 0 Å². The zero-order chi connectivity index (χ0) is 12.8. The van der Waals surface area contributed by atoms with Crippen LogP contribution in [0.15, 0.2) is 18.2 Å². The van der Waals surface area contributed by atoms with Gasteiger partial charge in [0.15, 0.2) is 0 Å². The molecule has 0 saturated heterocycles. The third kappa shape index (κ3) is 3.93. The molecule has 0 fully saturated rings. The Bertz CT molecular complexity index is 373. The third-order valence-electron chi connectivity index (χ3n) is 2.53. The van der Waals surface area contributed by atoms with Gasteiger partial charge in [-0.25, -0.2) is 4.79 Å². The smallest absolute Gasteiger partial charge is 0.341 e. The van der Waals surface area contributed by atoms with Crippen molar-refractivity contribution in [2.45, 2.75) is 26.7 Å². The highest BCUT2D eigenvalue weighted by molar-refractivity contribution is 6.34. The van der Waals surface area contributed by atoms with Crippen molar-refractivity contribution in [2.24, 2.45) is 5.92 Å². The maximum Gasteiger partial charge on any atom is 0.341 e. The van der Waals surface area contributed by atoms with Gasteiger partial charge in [0.05, 0.1) is 11.6 Å². The van der Waals surface area contributed by atoms with E-state index in [9.17, 15) is 4.79 Å². The molecule has 0 aliphatic rings. The topological polar surface area (TPSA) is 52.3 Å². The maximum atomic E-state index is 11.8. The summed E-state index contributed by atoms with van der Waals surface area (Å²) in [6, 6.07) is 4.97. The van der Waals surface area contributed by atoms with Crippen LogP contribution in [-0.4, -0.2) is 12.6 Å². The van der Waals surface area contributed by atoms with E-state index in [2.05, 4.69) is 6.92 Å². The van der Waals surface area contributed by atoms with Crippen molar-refractivity contribution < 1.29 is 9.53 Å². The zero-order valence-electron chi connectivity index (χ0n) is 10.2. The molecule has 17 heavy (non-hydrogen) atoms. The van der Waals surface area contributed by atoms with Crippen molar-refractivity contribution in [1.82, 2.24) is 0 Å². The average Bonchev–Trinajstić information content (AvgIpc) is 2.26. The van der Waals surface area contributed by atoms with Gasteiger partial charge in [-0.2, -0.15) is 0 Å². The van der Waals surface area contributed by atoms with Crippen LogP contribution in [0.25, 0.3) is 0 Å². The summed E-state index contributed by atoms with van der Waals surface area (Å²) < 4.78 is 5.20. The Hall–Kier alpha value is -1.22. The molecular formula is C13H18ClNO2. The number of ether oxygens (including phenoxy) is 1. The third-order valence-corrected chi connectivity index (χ3v) is 2.85. The Balaban J connectivity index is 2.64. The van der Waals surface area contributed by atoms with Crippen LogP contribution >= 0.6 is 11.6 Å². The van der Waals surface area contributed by atoms with Crippen LogP contribution in [0, 0.1) is 5.92 Å². The number of nitrogen functional groups attached to an aromatic ring is 1.